The molecule has 2 aromatic heterocycles. The first-order valence-corrected chi connectivity index (χ1v) is 11.5. The quantitative estimate of drug-likeness (QED) is 0.331. The smallest absolute Gasteiger partial charge is 0.261 e. The fourth-order valence-corrected chi connectivity index (χ4v) is 5.36. The summed E-state index contributed by atoms with van der Waals surface area (Å²) < 4.78 is 6.62. The largest absolute Gasteiger partial charge is 0.360 e. The van der Waals surface area contributed by atoms with Crippen molar-refractivity contribution >= 4 is 39.2 Å². The van der Waals surface area contributed by atoms with E-state index in [-0.39, 0.29) is 5.91 Å². The number of carbonyl (C=O) groups excluding carboxylic acids is 1. The van der Waals surface area contributed by atoms with Crippen LogP contribution in [0.5, 0.6) is 0 Å². The molecule has 0 fully saturated rings. The van der Waals surface area contributed by atoms with Crippen LogP contribution in [0.2, 0.25) is 0 Å². The standard InChI is InChI=1S/C27H19N3O2S/c1-16-25(26(30-32-16)17-7-3-2-4-8-17)27(31)29-20-11-19-14-28-15-22(19)21(13-20)24-12-18-9-5-6-10-23(18)33-24/h2-14H,15H2,1H3,(H,29,31). The Balaban J connectivity index is 1.40. The Morgan fingerprint density at radius 3 is 2.70 bits per heavy atom. The predicted octanol–water partition coefficient (Wildman–Crippen LogP) is 6.72. The molecule has 6 heteroatoms. The monoisotopic (exact) mass is 449 g/mol. The van der Waals surface area contributed by atoms with Gasteiger partial charge in [0, 0.05) is 32.6 Å². The number of aryl methyl sites for hydroxylation is 1. The molecule has 1 aliphatic heterocycles. The van der Waals surface area contributed by atoms with Crippen LogP contribution in [0, 0.1) is 6.92 Å². The number of benzene rings is 3. The minimum atomic E-state index is -0.246. The molecular formula is C27H19N3O2S. The number of hydrogen-bond acceptors (Lipinski definition) is 5. The maximum absolute atomic E-state index is 13.3. The average molecular weight is 450 g/mol. The summed E-state index contributed by atoms with van der Waals surface area (Å²) >= 11 is 1.75. The molecule has 0 radical (unpaired) electrons. The molecule has 0 saturated heterocycles. The van der Waals surface area contributed by atoms with E-state index in [1.165, 1.54) is 20.5 Å². The van der Waals surface area contributed by atoms with Gasteiger partial charge in [0.1, 0.15) is 17.0 Å². The molecule has 5 aromatic rings. The molecule has 1 N–H and O–H groups in total. The lowest BCUT2D eigenvalue weighted by atomic mass is 10.00. The maximum atomic E-state index is 13.3. The first-order valence-electron chi connectivity index (χ1n) is 10.7. The highest BCUT2D eigenvalue weighted by Crippen LogP contribution is 2.39. The van der Waals surface area contributed by atoms with Crippen LogP contribution in [-0.4, -0.2) is 17.3 Å². The van der Waals surface area contributed by atoms with Gasteiger partial charge < -0.3 is 9.84 Å². The van der Waals surface area contributed by atoms with E-state index in [1.807, 2.05) is 48.7 Å². The molecule has 160 valence electrons. The van der Waals surface area contributed by atoms with E-state index in [9.17, 15) is 4.79 Å². The Kier molecular flexibility index (Phi) is 4.66. The van der Waals surface area contributed by atoms with Crippen LogP contribution in [0.4, 0.5) is 5.69 Å². The van der Waals surface area contributed by atoms with Crippen molar-refractivity contribution in [3.63, 3.8) is 0 Å². The number of thiophene rings is 1. The number of anilines is 1. The van der Waals surface area contributed by atoms with Crippen LogP contribution in [0.1, 0.15) is 27.2 Å². The van der Waals surface area contributed by atoms with Gasteiger partial charge in [-0.2, -0.15) is 0 Å². The molecule has 0 bridgehead atoms. The van der Waals surface area contributed by atoms with Gasteiger partial charge >= 0.3 is 0 Å². The number of aromatic nitrogens is 1. The number of nitrogens with zero attached hydrogens (tertiary/aromatic N) is 2. The number of aliphatic imine (C=N–C) groups is 1. The molecule has 0 saturated carbocycles. The minimum absolute atomic E-state index is 0.246. The number of carbonyl (C=O) groups is 1. The lowest BCUT2D eigenvalue weighted by molar-refractivity contribution is 0.102. The molecule has 33 heavy (non-hydrogen) atoms. The second kappa shape index (κ2) is 7.83. The Hall–Kier alpha value is -4.03. The van der Waals surface area contributed by atoms with Gasteiger partial charge in [0.15, 0.2) is 0 Å². The van der Waals surface area contributed by atoms with Gasteiger partial charge in [0.05, 0.1) is 6.54 Å². The maximum Gasteiger partial charge on any atom is 0.261 e. The molecule has 0 unspecified atom stereocenters. The highest BCUT2D eigenvalue weighted by atomic mass is 32.1. The van der Waals surface area contributed by atoms with Crippen molar-refractivity contribution in [2.75, 3.05) is 5.32 Å². The summed E-state index contributed by atoms with van der Waals surface area (Å²) in [5, 5.41) is 8.43. The molecule has 1 amide bonds. The molecule has 0 aliphatic carbocycles. The van der Waals surface area contributed by atoms with Gasteiger partial charge in [-0.25, -0.2) is 0 Å². The van der Waals surface area contributed by atoms with Crippen LogP contribution < -0.4 is 5.32 Å². The summed E-state index contributed by atoms with van der Waals surface area (Å²) in [4.78, 5) is 19.0. The van der Waals surface area contributed by atoms with Crippen molar-refractivity contribution in [2.24, 2.45) is 4.99 Å². The topological polar surface area (TPSA) is 67.5 Å². The fourth-order valence-electron chi connectivity index (χ4n) is 4.25. The second-order valence-electron chi connectivity index (χ2n) is 7.99. The summed E-state index contributed by atoms with van der Waals surface area (Å²) in [5.74, 6) is 0.239. The van der Waals surface area contributed by atoms with Gasteiger partial charge in [-0.1, -0.05) is 53.7 Å². The molecule has 3 aromatic carbocycles. The van der Waals surface area contributed by atoms with Gasteiger partial charge in [-0.3, -0.25) is 9.79 Å². The minimum Gasteiger partial charge on any atom is -0.360 e. The van der Waals surface area contributed by atoms with E-state index >= 15 is 0 Å². The third kappa shape index (κ3) is 3.45. The second-order valence-corrected chi connectivity index (χ2v) is 9.08. The Labute approximate surface area is 194 Å². The number of nitrogens with one attached hydrogen (secondary N) is 1. The van der Waals surface area contributed by atoms with Gasteiger partial charge in [-0.05, 0) is 47.7 Å². The van der Waals surface area contributed by atoms with E-state index in [0.29, 0.717) is 23.6 Å². The summed E-state index contributed by atoms with van der Waals surface area (Å²) in [5.41, 5.74) is 5.87. The zero-order chi connectivity index (χ0) is 22.4. The number of rotatable bonds is 4. The summed E-state index contributed by atoms with van der Waals surface area (Å²) in [6.07, 6.45) is 1.88. The first-order chi connectivity index (χ1) is 16.2. The predicted molar refractivity (Wildman–Crippen MR) is 133 cm³/mol. The first kappa shape index (κ1) is 19.6. The lowest BCUT2D eigenvalue weighted by Gasteiger charge is -2.12. The number of amides is 1. The van der Waals surface area contributed by atoms with Crippen molar-refractivity contribution in [1.82, 2.24) is 5.16 Å². The van der Waals surface area contributed by atoms with Crippen molar-refractivity contribution in [3.05, 3.63) is 95.2 Å². The molecule has 0 spiro atoms. The Bertz CT molecular complexity index is 1510. The third-order valence-corrected chi connectivity index (χ3v) is 7.00. The van der Waals surface area contributed by atoms with Crippen LogP contribution in [0.25, 0.3) is 31.8 Å². The zero-order valence-corrected chi connectivity index (χ0v) is 18.6. The van der Waals surface area contributed by atoms with E-state index < -0.39 is 0 Å². The van der Waals surface area contributed by atoms with E-state index in [1.54, 1.807) is 18.3 Å². The molecule has 6 rings (SSSR count). The van der Waals surface area contributed by atoms with Crippen molar-refractivity contribution in [2.45, 2.75) is 13.5 Å². The third-order valence-electron chi connectivity index (χ3n) is 5.85. The van der Waals surface area contributed by atoms with E-state index in [2.05, 4.69) is 45.8 Å². The molecule has 1 aliphatic rings. The van der Waals surface area contributed by atoms with Crippen molar-refractivity contribution < 1.29 is 9.32 Å². The van der Waals surface area contributed by atoms with Crippen LogP contribution in [0.15, 0.2) is 82.3 Å². The lowest BCUT2D eigenvalue weighted by Crippen LogP contribution is -2.14. The van der Waals surface area contributed by atoms with Crippen LogP contribution >= 0.6 is 11.3 Å². The Morgan fingerprint density at radius 2 is 1.85 bits per heavy atom. The zero-order valence-electron chi connectivity index (χ0n) is 17.8. The molecular weight excluding hydrogens is 430 g/mol. The molecule has 5 nitrogen and oxygen atoms in total. The molecule has 0 atom stereocenters. The number of fused-ring (bicyclic) bond motifs is 2. The van der Waals surface area contributed by atoms with E-state index in [4.69, 9.17) is 4.52 Å². The normalized spacial score (nSPS) is 12.3. The summed E-state index contributed by atoms with van der Waals surface area (Å²) in [7, 11) is 0. The van der Waals surface area contributed by atoms with Crippen molar-refractivity contribution in [1.29, 1.82) is 0 Å². The number of hydrogen-bond donors (Lipinski definition) is 1. The highest BCUT2D eigenvalue weighted by Gasteiger charge is 2.23. The van der Waals surface area contributed by atoms with Crippen LogP contribution in [0.3, 0.4) is 0 Å². The summed E-state index contributed by atoms with van der Waals surface area (Å²) in [6.45, 7) is 2.41. The molecule has 3 heterocycles. The fraction of sp³-hybridized carbons (Fsp3) is 0.0741. The van der Waals surface area contributed by atoms with Gasteiger partial charge in [0.2, 0.25) is 0 Å². The van der Waals surface area contributed by atoms with Crippen LogP contribution in [-0.2, 0) is 6.54 Å². The Morgan fingerprint density at radius 1 is 1.03 bits per heavy atom. The van der Waals surface area contributed by atoms with Gasteiger partial charge in [-0.15, -0.1) is 11.3 Å². The summed E-state index contributed by atoms with van der Waals surface area (Å²) in [6, 6.07) is 24.2. The highest BCUT2D eigenvalue weighted by molar-refractivity contribution is 7.22. The average Bonchev–Trinajstić information content (AvgIpc) is 3.56. The van der Waals surface area contributed by atoms with E-state index in [0.717, 1.165) is 22.4 Å². The SMILES string of the molecule is Cc1onc(-c2ccccc2)c1C(=O)Nc1cc2c(c(-c3cc4ccccc4s3)c1)CN=C2. The van der Waals surface area contributed by atoms with Crippen molar-refractivity contribution in [3.8, 4) is 21.7 Å². The van der Waals surface area contributed by atoms with Gasteiger partial charge in [0.25, 0.3) is 5.91 Å².